The Morgan fingerprint density at radius 2 is 1.61 bits per heavy atom. The number of benzene rings is 3. The van der Waals surface area contributed by atoms with Crippen LogP contribution in [0.1, 0.15) is 35.1 Å². The van der Waals surface area contributed by atoms with Crippen molar-refractivity contribution >= 4 is 16.9 Å². The zero-order chi connectivity index (χ0) is 23.4. The van der Waals surface area contributed by atoms with Gasteiger partial charge in [0.2, 0.25) is 0 Å². The first-order valence-electron chi connectivity index (χ1n) is 11.0. The van der Waals surface area contributed by atoms with Crippen LogP contribution in [0.4, 0.5) is 0 Å². The van der Waals surface area contributed by atoms with E-state index >= 15 is 0 Å². The lowest BCUT2D eigenvalue weighted by molar-refractivity contribution is -0.137. The van der Waals surface area contributed by atoms with Gasteiger partial charge in [-0.2, -0.15) is 0 Å². The Morgan fingerprint density at radius 1 is 0.909 bits per heavy atom. The Labute approximate surface area is 192 Å². The van der Waals surface area contributed by atoms with Gasteiger partial charge in [0.05, 0.1) is 0 Å². The first kappa shape index (κ1) is 22.3. The monoisotopic (exact) mass is 442 g/mol. The molecular weight excluding hydrogens is 416 g/mol. The standard InChI is InChI=1S/C28H26O5/c1-18-23-15-16-25(19(2)27(23)33-28(31)24(18)9-6-10-26(29)30)32-17-20-11-13-22(14-12-20)21-7-4-3-5-8-21/h3-5,7-8,11-16H,6,9-10,17H2,1-2H3,(H,29,30). The van der Waals surface area contributed by atoms with E-state index in [2.05, 4.69) is 24.3 Å². The van der Waals surface area contributed by atoms with Gasteiger partial charge in [-0.15, -0.1) is 0 Å². The Kier molecular flexibility index (Phi) is 6.59. The fourth-order valence-electron chi connectivity index (χ4n) is 4.02. The molecule has 4 rings (SSSR count). The Hall–Kier alpha value is -3.86. The van der Waals surface area contributed by atoms with Crippen LogP contribution in [-0.2, 0) is 17.8 Å². The van der Waals surface area contributed by atoms with Gasteiger partial charge < -0.3 is 14.3 Å². The molecule has 168 valence electrons. The minimum atomic E-state index is -0.870. The average Bonchev–Trinajstić information content (AvgIpc) is 2.82. The number of aliphatic carboxylic acids is 1. The summed E-state index contributed by atoms with van der Waals surface area (Å²) in [6.45, 7) is 4.16. The summed E-state index contributed by atoms with van der Waals surface area (Å²) in [7, 11) is 0. The number of hydrogen-bond acceptors (Lipinski definition) is 4. The molecule has 33 heavy (non-hydrogen) atoms. The van der Waals surface area contributed by atoms with Crippen molar-refractivity contribution < 1.29 is 19.1 Å². The second-order valence-electron chi connectivity index (χ2n) is 8.16. The van der Waals surface area contributed by atoms with E-state index in [0.717, 1.165) is 27.6 Å². The molecule has 0 spiro atoms. The van der Waals surface area contributed by atoms with Crippen molar-refractivity contribution in [2.24, 2.45) is 0 Å². The van der Waals surface area contributed by atoms with Gasteiger partial charge in [0.15, 0.2) is 0 Å². The minimum Gasteiger partial charge on any atom is -0.488 e. The van der Waals surface area contributed by atoms with Gasteiger partial charge in [0, 0.05) is 22.9 Å². The number of carboxylic acid groups (broad SMARTS) is 1. The lowest BCUT2D eigenvalue weighted by atomic mass is 10.00. The van der Waals surface area contributed by atoms with Crippen molar-refractivity contribution in [3.8, 4) is 16.9 Å². The van der Waals surface area contributed by atoms with Gasteiger partial charge in [0.25, 0.3) is 0 Å². The molecule has 0 atom stereocenters. The van der Waals surface area contributed by atoms with Crippen LogP contribution >= 0.6 is 0 Å². The number of carboxylic acids is 1. The van der Waals surface area contributed by atoms with Crippen molar-refractivity contribution in [3.05, 3.63) is 99.4 Å². The molecule has 0 aliphatic carbocycles. The second kappa shape index (κ2) is 9.74. The van der Waals surface area contributed by atoms with Crippen LogP contribution in [0, 0.1) is 13.8 Å². The highest BCUT2D eigenvalue weighted by Gasteiger charge is 2.15. The summed E-state index contributed by atoms with van der Waals surface area (Å²) in [4.78, 5) is 23.4. The third kappa shape index (κ3) is 4.98. The Balaban J connectivity index is 1.52. The molecule has 1 heterocycles. The highest BCUT2D eigenvalue weighted by atomic mass is 16.5. The quantitative estimate of drug-likeness (QED) is 0.336. The molecule has 1 N–H and O–H groups in total. The Bertz CT molecular complexity index is 1340. The van der Waals surface area contributed by atoms with E-state index in [-0.39, 0.29) is 6.42 Å². The van der Waals surface area contributed by atoms with Crippen LogP contribution < -0.4 is 10.4 Å². The lowest BCUT2D eigenvalue weighted by Crippen LogP contribution is -2.11. The van der Waals surface area contributed by atoms with Crippen molar-refractivity contribution in [1.29, 1.82) is 0 Å². The van der Waals surface area contributed by atoms with Crippen LogP contribution in [-0.4, -0.2) is 11.1 Å². The summed E-state index contributed by atoms with van der Waals surface area (Å²) in [6.07, 6.45) is 0.803. The minimum absolute atomic E-state index is 0.0229. The largest absolute Gasteiger partial charge is 0.488 e. The number of fused-ring (bicyclic) bond motifs is 1. The zero-order valence-corrected chi connectivity index (χ0v) is 18.8. The van der Waals surface area contributed by atoms with Gasteiger partial charge in [-0.25, -0.2) is 4.79 Å². The molecule has 5 nitrogen and oxygen atoms in total. The topological polar surface area (TPSA) is 76.7 Å². The van der Waals surface area contributed by atoms with E-state index in [9.17, 15) is 9.59 Å². The second-order valence-corrected chi connectivity index (χ2v) is 8.16. The van der Waals surface area contributed by atoms with Gasteiger partial charge in [-0.1, -0.05) is 54.6 Å². The van der Waals surface area contributed by atoms with E-state index in [4.69, 9.17) is 14.3 Å². The van der Waals surface area contributed by atoms with Gasteiger partial charge >= 0.3 is 11.6 Å². The van der Waals surface area contributed by atoms with Gasteiger partial charge in [-0.3, -0.25) is 4.79 Å². The first-order valence-corrected chi connectivity index (χ1v) is 11.0. The average molecular weight is 443 g/mol. The molecule has 5 heteroatoms. The smallest absolute Gasteiger partial charge is 0.339 e. The summed E-state index contributed by atoms with van der Waals surface area (Å²) >= 11 is 0. The molecule has 4 aromatic rings. The van der Waals surface area contributed by atoms with Crippen LogP contribution in [0.5, 0.6) is 5.75 Å². The molecular formula is C28H26O5. The number of aryl methyl sites for hydroxylation is 2. The maximum atomic E-state index is 12.6. The lowest BCUT2D eigenvalue weighted by Gasteiger charge is -2.13. The van der Waals surface area contributed by atoms with Gasteiger partial charge in [-0.05, 0) is 61.1 Å². The maximum Gasteiger partial charge on any atom is 0.339 e. The molecule has 0 aliphatic heterocycles. The number of hydrogen-bond donors (Lipinski definition) is 1. The molecule has 1 aromatic heterocycles. The fourth-order valence-corrected chi connectivity index (χ4v) is 4.02. The van der Waals surface area contributed by atoms with Crippen LogP contribution in [0.15, 0.2) is 75.9 Å². The molecule has 0 saturated carbocycles. The fraction of sp³-hybridized carbons (Fsp3) is 0.214. The van der Waals surface area contributed by atoms with E-state index in [1.165, 1.54) is 5.56 Å². The molecule has 0 saturated heterocycles. The summed E-state index contributed by atoms with van der Waals surface area (Å²) in [5.41, 5.74) is 5.60. The summed E-state index contributed by atoms with van der Waals surface area (Å²) in [6, 6.07) is 22.3. The predicted octanol–water partition coefficient (Wildman–Crippen LogP) is 6.06. The molecule has 0 aliphatic rings. The number of carbonyl (C=O) groups is 1. The van der Waals surface area contributed by atoms with Gasteiger partial charge in [0.1, 0.15) is 17.9 Å². The highest BCUT2D eigenvalue weighted by molar-refractivity contribution is 5.85. The van der Waals surface area contributed by atoms with E-state index in [1.54, 1.807) is 0 Å². The molecule has 0 bridgehead atoms. The van der Waals surface area contributed by atoms with Crippen molar-refractivity contribution in [2.45, 2.75) is 39.7 Å². The first-order chi connectivity index (χ1) is 15.9. The third-order valence-electron chi connectivity index (χ3n) is 5.93. The predicted molar refractivity (Wildman–Crippen MR) is 129 cm³/mol. The molecule has 3 aromatic carbocycles. The number of rotatable bonds is 8. The molecule has 0 fully saturated rings. The van der Waals surface area contributed by atoms with Crippen molar-refractivity contribution in [1.82, 2.24) is 0 Å². The van der Waals surface area contributed by atoms with E-state index < -0.39 is 11.6 Å². The van der Waals surface area contributed by atoms with Crippen LogP contribution in [0.2, 0.25) is 0 Å². The normalized spacial score (nSPS) is 11.0. The van der Waals surface area contributed by atoms with Crippen molar-refractivity contribution in [2.75, 3.05) is 0 Å². The van der Waals surface area contributed by atoms with E-state index in [1.807, 2.05) is 56.3 Å². The number of ether oxygens (including phenoxy) is 1. The van der Waals surface area contributed by atoms with Crippen molar-refractivity contribution in [3.63, 3.8) is 0 Å². The molecule has 0 radical (unpaired) electrons. The maximum absolute atomic E-state index is 12.6. The van der Waals surface area contributed by atoms with Crippen LogP contribution in [0.3, 0.4) is 0 Å². The third-order valence-corrected chi connectivity index (χ3v) is 5.93. The summed E-state index contributed by atoms with van der Waals surface area (Å²) in [5.74, 6) is -0.207. The Morgan fingerprint density at radius 3 is 2.30 bits per heavy atom. The van der Waals surface area contributed by atoms with Crippen LogP contribution in [0.25, 0.3) is 22.1 Å². The van der Waals surface area contributed by atoms with E-state index in [0.29, 0.717) is 36.3 Å². The molecule has 0 unspecified atom stereocenters. The highest BCUT2D eigenvalue weighted by Crippen LogP contribution is 2.30. The summed E-state index contributed by atoms with van der Waals surface area (Å²) < 4.78 is 11.7. The summed E-state index contributed by atoms with van der Waals surface area (Å²) in [5, 5.41) is 9.70. The zero-order valence-electron chi connectivity index (χ0n) is 18.8. The molecule has 0 amide bonds. The SMILES string of the molecule is Cc1c(CCCC(=O)O)c(=O)oc2c(C)c(OCc3ccc(-c4ccccc4)cc3)ccc12.